The summed E-state index contributed by atoms with van der Waals surface area (Å²) in [6.45, 7) is 2.97. The molecule has 6 nitrogen and oxygen atoms in total. The third-order valence-corrected chi connectivity index (χ3v) is 1.92. The van der Waals surface area contributed by atoms with Crippen molar-refractivity contribution < 1.29 is 24.2 Å². The van der Waals surface area contributed by atoms with E-state index in [9.17, 15) is 9.59 Å². The molecule has 0 aromatic heterocycles. The smallest absolute Gasteiger partial charge is 0.326 e. The summed E-state index contributed by atoms with van der Waals surface area (Å²) in [5.74, 6) is -1.38. The molecule has 94 valence electrons. The first-order chi connectivity index (χ1) is 7.61. The zero-order valence-corrected chi connectivity index (χ0v) is 9.69. The highest BCUT2D eigenvalue weighted by atomic mass is 16.5. The molecule has 16 heavy (non-hydrogen) atoms. The summed E-state index contributed by atoms with van der Waals surface area (Å²) in [5, 5.41) is 11.2. The number of amides is 1. The van der Waals surface area contributed by atoms with Gasteiger partial charge < -0.3 is 19.9 Å². The Labute approximate surface area is 94.9 Å². The van der Waals surface area contributed by atoms with Gasteiger partial charge in [-0.05, 0) is 6.92 Å². The van der Waals surface area contributed by atoms with Crippen molar-refractivity contribution in [1.82, 2.24) is 5.32 Å². The molecule has 0 spiro atoms. The standard InChI is InChI=1S/C10H19NO5/c1-3-16-7-5-9(12)11-8(10(13)14)4-6-15-2/h8H,3-7H2,1-2H3,(H,11,12)(H,13,14). The van der Waals surface area contributed by atoms with Crippen LogP contribution in [0.3, 0.4) is 0 Å². The molecule has 0 aromatic carbocycles. The Bertz CT molecular complexity index is 219. The summed E-state index contributed by atoms with van der Waals surface area (Å²) in [6.07, 6.45) is 0.427. The molecule has 0 aliphatic heterocycles. The van der Waals surface area contributed by atoms with Crippen LogP contribution in [0.5, 0.6) is 0 Å². The summed E-state index contributed by atoms with van der Waals surface area (Å²) in [7, 11) is 1.48. The zero-order chi connectivity index (χ0) is 12.4. The van der Waals surface area contributed by atoms with Crippen LogP contribution in [0.2, 0.25) is 0 Å². The molecule has 0 aliphatic rings. The molecular formula is C10H19NO5. The molecule has 6 heteroatoms. The van der Waals surface area contributed by atoms with Crippen LogP contribution >= 0.6 is 0 Å². The molecule has 0 aliphatic carbocycles. The number of hydrogen-bond donors (Lipinski definition) is 2. The van der Waals surface area contributed by atoms with Crippen molar-refractivity contribution in [2.45, 2.75) is 25.8 Å². The predicted octanol–water partition coefficient (Wildman–Crippen LogP) is 0.0189. The van der Waals surface area contributed by atoms with Crippen molar-refractivity contribution in [3.63, 3.8) is 0 Å². The minimum absolute atomic E-state index is 0.171. The van der Waals surface area contributed by atoms with Gasteiger partial charge in [-0.3, -0.25) is 4.79 Å². The Kier molecular flexibility index (Phi) is 8.46. The maximum atomic E-state index is 11.3. The maximum Gasteiger partial charge on any atom is 0.326 e. The summed E-state index contributed by atoms with van der Waals surface area (Å²) >= 11 is 0. The van der Waals surface area contributed by atoms with E-state index in [-0.39, 0.29) is 18.7 Å². The number of rotatable bonds is 9. The van der Waals surface area contributed by atoms with Crippen molar-refractivity contribution in [2.75, 3.05) is 26.9 Å². The van der Waals surface area contributed by atoms with E-state index in [1.807, 2.05) is 6.92 Å². The van der Waals surface area contributed by atoms with Gasteiger partial charge in [-0.25, -0.2) is 4.79 Å². The number of carboxylic acids is 1. The molecule has 1 atom stereocenters. The molecule has 0 heterocycles. The number of nitrogens with one attached hydrogen (secondary N) is 1. The van der Waals surface area contributed by atoms with Crippen molar-refractivity contribution in [3.8, 4) is 0 Å². The topological polar surface area (TPSA) is 84.9 Å². The van der Waals surface area contributed by atoms with Crippen molar-refractivity contribution in [3.05, 3.63) is 0 Å². The van der Waals surface area contributed by atoms with Gasteiger partial charge in [0.15, 0.2) is 0 Å². The lowest BCUT2D eigenvalue weighted by molar-refractivity contribution is -0.142. The summed E-state index contributed by atoms with van der Waals surface area (Å²) in [6, 6.07) is -0.894. The second kappa shape index (κ2) is 9.11. The zero-order valence-electron chi connectivity index (χ0n) is 9.69. The van der Waals surface area contributed by atoms with E-state index in [4.69, 9.17) is 14.6 Å². The fraction of sp³-hybridized carbons (Fsp3) is 0.800. The van der Waals surface area contributed by atoms with Gasteiger partial charge in [-0.15, -0.1) is 0 Å². The van der Waals surface area contributed by atoms with Crippen LogP contribution in [0.25, 0.3) is 0 Å². The number of ether oxygens (including phenoxy) is 2. The van der Waals surface area contributed by atoms with E-state index in [0.29, 0.717) is 19.8 Å². The molecule has 1 amide bonds. The van der Waals surface area contributed by atoms with Crippen LogP contribution in [-0.4, -0.2) is 50.0 Å². The Balaban J connectivity index is 3.88. The number of carbonyl (C=O) groups excluding carboxylic acids is 1. The number of carboxylic acid groups (broad SMARTS) is 1. The van der Waals surface area contributed by atoms with Gasteiger partial charge in [-0.1, -0.05) is 0 Å². The second-order valence-electron chi connectivity index (χ2n) is 3.19. The minimum atomic E-state index is -1.05. The van der Waals surface area contributed by atoms with E-state index < -0.39 is 12.0 Å². The van der Waals surface area contributed by atoms with Crippen LogP contribution in [0.4, 0.5) is 0 Å². The highest BCUT2D eigenvalue weighted by Gasteiger charge is 2.18. The third kappa shape index (κ3) is 7.19. The molecular weight excluding hydrogens is 214 g/mol. The number of hydrogen-bond acceptors (Lipinski definition) is 4. The van der Waals surface area contributed by atoms with Gasteiger partial charge in [-0.2, -0.15) is 0 Å². The Morgan fingerprint density at radius 1 is 1.38 bits per heavy atom. The van der Waals surface area contributed by atoms with E-state index in [1.54, 1.807) is 0 Å². The van der Waals surface area contributed by atoms with Crippen LogP contribution in [0.1, 0.15) is 19.8 Å². The molecule has 0 radical (unpaired) electrons. The molecule has 0 saturated heterocycles. The normalized spacial score (nSPS) is 12.1. The van der Waals surface area contributed by atoms with Gasteiger partial charge in [0.2, 0.25) is 5.91 Å². The Morgan fingerprint density at radius 2 is 2.06 bits per heavy atom. The lowest BCUT2D eigenvalue weighted by Gasteiger charge is -2.13. The second-order valence-corrected chi connectivity index (χ2v) is 3.19. The van der Waals surface area contributed by atoms with Crippen molar-refractivity contribution in [1.29, 1.82) is 0 Å². The van der Waals surface area contributed by atoms with Crippen molar-refractivity contribution in [2.24, 2.45) is 0 Å². The first-order valence-electron chi connectivity index (χ1n) is 5.20. The van der Waals surface area contributed by atoms with Gasteiger partial charge in [0.05, 0.1) is 6.61 Å². The lowest BCUT2D eigenvalue weighted by atomic mass is 10.2. The van der Waals surface area contributed by atoms with Gasteiger partial charge >= 0.3 is 5.97 Å². The molecule has 1 unspecified atom stereocenters. The maximum absolute atomic E-state index is 11.3. The Morgan fingerprint density at radius 3 is 2.56 bits per heavy atom. The summed E-state index contributed by atoms with van der Waals surface area (Å²) < 4.78 is 9.76. The summed E-state index contributed by atoms with van der Waals surface area (Å²) in [5.41, 5.74) is 0. The van der Waals surface area contributed by atoms with E-state index in [1.165, 1.54) is 7.11 Å². The lowest BCUT2D eigenvalue weighted by Crippen LogP contribution is -2.41. The fourth-order valence-corrected chi connectivity index (χ4v) is 1.07. The van der Waals surface area contributed by atoms with Crippen LogP contribution < -0.4 is 5.32 Å². The van der Waals surface area contributed by atoms with Crippen LogP contribution in [0.15, 0.2) is 0 Å². The molecule has 0 bridgehead atoms. The molecule has 0 saturated carbocycles. The highest BCUT2D eigenvalue weighted by Crippen LogP contribution is 1.94. The van der Waals surface area contributed by atoms with Gasteiger partial charge in [0.1, 0.15) is 6.04 Å². The molecule has 0 aromatic rings. The first kappa shape index (κ1) is 14.9. The number of aliphatic carboxylic acids is 1. The average molecular weight is 233 g/mol. The van der Waals surface area contributed by atoms with Gasteiger partial charge in [0.25, 0.3) is 0 Å². The molecule has 2 N–H and O–H groups in total. The molecule has 0 fully saturated rings. The van der Waals surface area contributed by atoms with E-state index in [0.717, 1.165) is 0 Å². The quantitative estimate of drug-likeness (QED) is 0.548. The average Bonchev–Trinajstić information content (AvgIpc) is 2.24. The summed E-state index contributed by atoms with van der Waals surface area (Å²) in [4.78, 5) is 22.1. The van der Waals surface area contributed by atoms with E-state index >= 15 is 0 Å². The Hall–Kier alpha value is -1.14. The largest absolute Gasteiger partial charge is 0.480 e. The first-order valence-corrected chi connectivity index (χ1v) is 5.20. The third-order valence-electron chi connectivity index (χ3n) is 1.92. The monoisotopic (exact) mass is 233 g/mol. The number of carbonyl (C=O) groups is 2. The van der Waals surface area contributed by atoms with Gasteiger partial charge in [0, 0.05) is 33.2 Å². The minimum Gasteiger partial charge on any atom is -0.480 e. The van der Waals surface area contributed by atoms with Crippen LogP contribution in [0, 0.1) is 0 Å². The highest BCUT2D eigenvalue weighted by molar-refractivity contribution is 5.83. The number of methoxy groups -OCH3 is 1. The van der Waals surface area contributed by atoms with E-state index in [2.05, 4.69) is 5.32 Å². The van der Waals surface area contributed by atoms with Crippen LogP contribution in [-0.2, 0) is 19.1 Å². The van der Waals surface area contributed by atoms with Crippen molar-refractivity contribution >= 4 is 11.9 Å². The predicted molar refractivity (Wildman–Crippen MR) is 57.2 cm³/mol. The molecule has 0 rings (SSSR count). The fourth-order valence-electron chi connectivity index (χ4n) is 1.07. The SMILES string of the molecule is CCOCCC(=O)NC(CCOC)C(=O)O.